The molecule has 1 N–H and O–H groups in total. The molecular weight excluding hydrogens is 332 g/mol. The Hall–Kier alpha value is -2.53. The number of anilines is 1. The highest BCUT2D eigenvalue weighted by molar-refractivity contribution is 7.17. The van der Waals surface area contributed by atoms with Crippen LogP contribution in [0.15, 0.2) is 41.9 Å². The van der Waals surface area contributed by atoms with Crippen LogP contribution in [0.25, 0.3) is 10.2 Å². The summed E-state index contributed by atoms with van der Waals surface area (Å²) in [5.74, 6) is -0.307. The second-order valence-corrected chi connectivity index (χ2v) is 7.03. The minimum Gasteiger partial charge on any atom is -0.321 e. The van der Waals surface area contributed by atoms with Crippen molar-refractivity contribution in [3.63, 3.8) is 0 Å². The fourth-order valence-electron chi connectivity index (χ4n) is 2.83. The fourth-order valence-corrected chi connectivity index (χ4v) is 3.63. The van der Waals surface area contributed by atoms with Crippen molar-refractivity contribution in [1.82, 2.24) is 4.98 Å². The standard InChI is InChI=1S/C20H20N2O2S/c1-4-13-7-5-9-15(17(13)18(23)12(2)3)22-20(24)14-8-6-10-16-19(14)25-11-21-16/h5-12H,4H2,1-3H3,(H,22,24). The van der Waals surface area contributed by atoms with Crippen molar-refractivity contribution in [2.45, 2.75) is 27.2 Å². The van der Waals surface area contributed by atoms with Crippen LogP contribution in [0.1, 0.15) is 47.1 Å². The van der Waals surface area contributed by atoms with Gasteiger partial charge in [-0.2, -0.15) is 0 Å². The smallest absolute Gasteiger partial charge is 0.257 e. The predicted octanol–water partition coefficient (Wildman–Crippen LogP) is 4.95. The number of amides is 1. The Morgan fingerprint density at radius 3 is 2.64 bits per heavy atom. The first-order valence-corrected chi connectivity index (χ1v) is 9.20. The maximum atomic E-state index is 12.8. The lowest BCUT2D eigenvalue weighted by atomic mass is 9.93. The van der Waals surface area contributed by atoms with Crippen LogP contribution < -0.4 is 5.32 Å². The van der Waals surface area contributed by atoms with Crippen molar-refractivity contribution < 1.29 is 9.59 Å². The van der Waals surface area contributed by atoms with E-state index in [2.05, 4.69) is 10.3 Å². The van der Waals surface area contributed by atoms with Gasteiger partial charge in [0.05, 0.1) is 27.0 Å². The lowest BCUT2D eigenvalue weighted by Gasteiger charge is -2.16. The van der Waals surface area contributed by atoms with E-state index in [1.54, 1.807) is 17.6 Å². The number of carbonyl (C=O) groups excluding carboxylic acids is 2. The van der Waals surface area contributed by atoms with E-state index >= 15 is 0 Å². The van der Waals surface area contributed by atoms with E-state index in [0.29, 0.717) is 16.8 Å². The largest absolute Gasteiger partial charge is 0.321 e. The summed E-state index contributed by atoms with van der Waals surface area (Å²) in [5.41, 5.74) is 5.25. The number of hydrogen-bond acceptors (Lipinski definition) is 4. The van der Waals surface area contributed by atoms with Gasteiger partial charge in [0.1, 0.15) is 0 Å². The zero-order valence-electron chi connectivity index (χ0n) is 14.5. The average molecular weight is 352 g/mol. The number of hydrogen-bond donors (Lipinski definition) is 1. The van der Waals surface area contributed by atoms with Gasteiger partial charge in [0.25, 0.3) is 5.91 Å². The van der Waals surface area contributed by atoms with Gasteiger partial charge in [-0.25, -0.2) is 4.98 Å². The van der Waals surface area contributed by atoms with Gasteiger partial charge in [0.2, 0.25) is 0 Å². The second kappa shape index (κ2) is 7.15. The first-order chi connectivity index (χ1) is 12.0. The molecule has 5 heteroatoms. The maximum Gasteiger partial charge on any atom is 0.257 e. The molecule has 2 aromatic carbocycles. The SMILES string of the molecule is CCc1cccc(NC(=O)c2cccc3ncsc23)c1C(=O)C(C)C. The number of aromatic nitrogens is 1. The van der Waals surface area contributed by atoms with Crippen molar-refractivity contribution in [2.24, 2.45) is 5.92 Å². The number of carbonyl (C=O) groups is 2. The van der Waals surface area contributed by atoms with Crippen molar-refractivity contribution in [1.29, 1.82) is 0 Å². The topological polar surface area (TPSA) is 59.1 Å². The van der Waals surface area contributed by atoms with E-state index in [9.17, 15) is 9.59 Å². The van der Waals surface area contributed by atoms with Crippen LogP contribution in [0.4, 0.5) is 5.69 Å². The Bertz CT molecular complexity index is 944. The van der Waals surface area contributed by atoms with Crippen LogP contribution >= 0.6 is 11.3 Å². The molecular formula is C20H20N2O2S. The van der Waals surface area contributed by atoms with Crippen molar-refractivity contribution in [2.75, 3.05) is 5.32 Å². The Balaban J connectivity index is 2.02. The summed E-state index contributed by atoms with van der Waals surface area (Å²) in [7, 11) is 0. The Kier molecular flexibility index (Phi) is 4.95. The minimum absolute atomic E-state index is 0.0451. The number of nitrogens with one attached hydrogen (secondary N) is 1. The molecule has 4 nitrogen and oxygen atoms in total. The molecule has 0 aliphatic rings. The summed E-state index contributed by atoms with van der Waals surface area (Å²) >= 11 is 1.44. The average Bonchev–Trinajstić information content (AvgIpc) is 3.09. The number of nitrogens with zero attached hydrogens (tertiary/aromatic N) is 1. The Labute approximate surface area is 150 Å². The molecule has 0 bridgehead atoms. The number of rotatable bonds is 5. The van der Waals surface area contributed by atoms with Crippen LogP contribution in [-0.2, 0) is 6.42 Å². The van der Waals surface area contributed by atoms with E-state index in [1.165, 1.54) is 11.3 Å². The Morgan fingerprint density at radius 2 is 1.92 bits per heavy atom. The summed E-state index contributed by atoms with van der Waals surface area (Å²) < 4.78 is 0.850. The maximum absolute atomic E-state index is 12.8. The number of fused-ring (bicyclic) bond motifs is 1. The molecule has 0 unspecified atom stereocenters. The molecule has 0 atom stereocenters. The van der Waals surface area contributed by atoms with Crippen LogP contribution in [0.2, 0.25) is 0 Å². The normalized spacial score (nSPS) is 11.0. The third-order valence-corrected chi connectivity index (χ3v) is 5.03. The van der Waals surface area contributed by atoms with Gasteiger partial charge in [0, 0.05) is 11.5 Å². The van der Waals surface area contributed by atoms with Gasteiger partial charge in [-0.3, -0.25) is 9.59 Å². The number of thiazole rings is 1. The number of ketones is 1. The zero-order chi connectivity index (χ0) is 18.0. The van der Waals surface area contributed by atoms with E-state index in [1.807, 2.05) is 45.0 Å². The molecule has 1 amide bonds. The van der Waals surface area contributed by atoms with E-state index in [0.717, 1.165) is 22.2 Å². The van der Waals surface area contributed by atoms with Crippen LogP contribution in [0.5, 0.6) is 0 Å². The molecule has 0 saturated heterocycles. The second-order valence-electron chi connectivity index (χ2n) is 6.17. The molecule has 0 saturated carbocycles. The van der Waals surface area contributed by atoms with Crippen LogP contribution in [0.3, 0.4) is 0 Å². The quantitative estimate of drug-likeness (QED) is 0.661. The van der Waals surface area contributed by atoms with Crippen LogP contribution in [-0.4, -0.2) is 16.7 Å². The third kappa shape index (κ3) is 3.33. The molecule has 1 aromatic heterocycles. The van der Waals surface area contributed by atoms with E-state index in [-0.39, 0.29) is 17.6 Å². The number of Topliss-reactive ketones (excluding diaryl/α,β-unsaturated/α-hetero) is 1. The third-order valence-electron chi connectivity index (χ3n) is 4.15. The number of aryl methyl sites for hydroxylation is 1. The lowest BCUT2D eigenvalue weighted by molar-refractivity contribution is 0.0939. The molecule has 0 spiro atoms. The fraction of sp³-hybridized carbons (Fsp3) is 0.250. The van der Waals surface area contributed by atoms with Crippen LogP contribution in [0, 0.1) is 5.92 Å². The zero-order valence-corrected chi connectivity index (χ0v) is 15.3. The molecule has 0 aliphatic heterocycles. The van der Waals surface area contributed by atoms with Gasteiger partial charge in [-0.15, -0.1) is 11.3 Å². The highest BCUT2D eigenvalue weighted by Gasteiger charge is 2.20. The first-order valence-electron chi connectivity index (χ1n) is 8.32. The van der Waals surface area contributed by atoms with Gasteiger partial charge >= 0.3 is 0 Å². The van der Waals surface area contributed by atoms with Gasteiger partial charge in [0.15, 0.2) is 5.78 Å². The van der Waals surface area contributed by atoms with Crippen molar-refractivity contribution in [3.05, 3.63) is 58.6 Å². The Morgan fingerprint density at radius 1 is 1.16 bits per heavy atom. The molecule has 0 aliphatic carbocycles. The highest BCUT2D eigenvalue weighted by Crippen LogP contribution is 2.27. The molecule has 128 valence electrons. The summed E-state index contributed by atoms with van der Waals surface area (Å²) in [6.45, 7) is 5.76. The lowest BCUT2D eigenvalue weighted by Crippen LogP contribution is -2.18. The molecule has 25 heavy (non-hydrogen) atoms. The number of benzene rings is 2. The van der Waals surface area contributed by atoms with E-state index in [4.69, 9.17) is 0 Å². The summed E-state index contributed by atoms with van der Waals surface area (Å²) in [4.78, 5) is 29.8. The molecule has 3 rings (SSSR count). The van der Waals surface area contributed by atoms with Crippen molar-refractivity contribution >= 4 is 38.9 Å². The summed E-state index contributed by atoms with van der Waals surface area (Å²) in [6.07, 6.45) is 0.738. The molecule has 3 aromatic rings. The van der Waals surface area contributed by atoms with Gasteiger partial charge in [-0.1, -0.05) is 39.0 Å². The monoisotopic (exact) mass is 352 g/mol. The van der Waals surface area contributed by atoms with Gasteiger partial charge < -0.3 is 5.32 Å². The summed E-state index contributed by atoms with van der Waals surface area (Å²) in [6, 6.07) is 11.1. The minimum atomic E-state index is -0.221. The highest BCUT2D eigenvalue weighted by atomic mass is 32.1. The predicted molar refractivity (Wildman–Crippen MR) is 103 cm³/mol. The van der Waals surface area contributed by atoms with Crippen molar-refractivity contribution in [3.8, 4) is 0 Å². The molecule has 1 heterocycles. The van der Waals surface area contributed by atoms with E-state index < -0.39 is 0 Å². The van der Waals surface area contributed by atoms with Gasteiger partial charge in [-0.05, 0) is 30.2 Å². The molecule has 0 radical (unpaired) electrons. The first kappa shape index (κ1) is 17.3. The summed E-state index contributed by atoms with van der Waals surface area (Å²) in [5, 5.41) is 2.94. The molecule has 0 fully saturated rings.